The standard InChI is InChI=1S/C9H10N2O3/c1-14-9(13)7(10)8(12)6-2-4-11-5-3-6/h2-5,7H,10H2,1H3. The molecule has 1 heterocycles. The number of carbonyl (C=O) groups excluding carboxylic acids is 2. The Morgan fingerprint density at radius 1 is 1.43 bits per heavy atom. The number of Topliss-reactive ketones (excluding diaryl/α,β-unsaturated/α-hetero) is 1. The minimum Gasteiger partial charge on any atom is -0.468 e. The maximum absolute atomic E-state index is 11.5. The Kier molecular flexibility index (Phi) is 3.30. The number of rotatable bonds is 3. The number of ketones is 1. The van der Waals surface area contributed by atoms with Gasteiger partial charge in [-0.15, -0.1) is 0 Å². The van der Waals surface area contributed by atoms with Crippen molar-refractivity contribution >= 4 is 11.8 Å². The van der Waals surface area contributed by atoms with E-state index in [4.69, 9.17) is 5.73 Å². The molecule has 0 aliphatic rings. The van der Waals surface area contributed by atoms with Crippen LogP contribution in [0.5, 0.6) is 0 Å². The number of carbonyl (C=O) groups is 2. The molecule has 1 unspecified atom stereocenters. The molecule has 2 N–H and O–H groups in total. The number of ether oxygens (including phenoxy) is 1. The van der Waals surface area contributed by atoms with Crippen LogP contribution in [-0.2, 0) is 9.53 Å². The van der Waals surface area contributed by atoms with Gasteiger partial charge in [0.25, 0.3) is 0 Å². The molecule has 0 aliphatic heterocycles. The fourth-order valence-corrected chi connectivity index (χ4v) is 0.930. The quantitative estimate of drug-likeness (QED) is 0.408. The van der Waals surface area contributed by atoms with Crippen LogP contribution in [0.25, 0.3) is 0 Å². The molecular weight excluding hydrogens is 184 g/mol. The second-order valence-corrected chi connectivity index (χ2v) is 2.60. The maximum atomic E-state index is 11.5. The lowest BCUT2D eigenvalue weighted by molar-refractivity contribution is -0.140. The van der Waals surface area contributed by atoms with Crippen LogP contribution >= 0.6 is 0 Å². The topological polar surface area (TPSA) is 82.3 Å². The van der Waals surface area contributed by atoms with Crippen molar-refractivity contribution in [3.05, 3.63) is 30.1 Å². The van der Waals surface area contributed by atoms with Crippen molar-refractivity contribution in [3.63, 3.8) is 0 Å². The first-order valence-electron chi connectivity index (χ1n) is 3.94. The Morgan fingerprint density at radius 3 is 2.50 bits per heavy atom. The number of methoxy groups -OCH3 is 1. The van der Waals surface area contributed by atoms with E-state index in [2.05, 4.69) is 9.72 Å². The first-order valence-corrected chi connectivity index (χ1v) is 3.94. The largest absolute Gasteiger partial charge is 0.468 e. The van der Waals surface area contributed by atoms with E-state index < -0.39 is 17.8 Å². The highest BCUT2D eigenvalue weighted by Gasteiger charge is 2.23. The number of aromatic nitrogens is 1. The molecule has 0 amide bonds. The SMILES string of the molecule is COC(=O)C(N)C(=O)c1ccncc1. The van der Waals surface area contributed by atoms with Crippen molar-refractivity contribution in [3.8, 4) is 0 Å². The summed E-state index contributed by atoms with van der Waals surface area (Å²) < 4.78 is 4.35. The molecule has 0 bridgehead atoms. The van der Waals surface area contributed by atoms with Crippen molar-refractivity contribution in [1.82, 2.24) is 4.98 Å². The number of hydrogen-bond acceptors (Lipinski definition) is 5. The Morgan fingerprint density at radius 2 is 2.00 bits per heavy atom. The van der Waals surface area contributed by atoms with E-state index in [0.29, 0.717) is 5.56 Å². The van der Waals surface area contributed by atoms with Gasteiger partial charge in [-0.2, -0.15) is 0 Å². The summed E-state index contributed by atoms with van der Waals surface area (Å²) in [5.74, 6) is -1.22. The Balaban J connectivity index is 2.81. The predicted octanol–water partition coefficient (Wildman–Crippen LogP) is -0.235. The highest BCUT2D eigenvalue weighted by Crippen LogP contribution is 2.01. The predicted molar refractivity (Wildman–Crippen MR) is 48.6 cm³/mol. The third-order valence-electron chi connectivity index (χ3n) is 1.70. The van der Waals surface area contributed by atoms with Crippen LogP contribution in [0.2, 0.25) is 0 Å². The zero-order valence-corrected chi connectivity index (χ0v) is 7.64. The third kappa shape index (κ3) is 2.14. The van der Waals surface area contributed by atoms with Crippen molar-refractivity contribution < 1.29 is 14.3 Å². The highest BCUT2D eigenvalue weighted by molar-refractivity contribution is 6.11. The number of nitrogens with zero attached hydrogens (tertiary/aromatic N) is 1. The summed E-state index contributed by atoms with van der Waals surface area (Å²) in [6.45, 7) is 0. The molecule has 5 nitrogen and oxygen atoms in total. The van der Waals surface area contributed by atoms with Gasteiger partial charge in [0.2, 0.25) is 0 Å². The number of pyridine rings is 1. The van der Waals surface area contributed by atoms with Crippen LogP contribution in [0.4, 0.5) is 0 Å². The lowest BCUT2D eigenvalue weighted by Crippen LogP contribution is -2.39. The van der Waals surface area contributed by atoms with Gasteiger partial charge in [-0.1, -0.05) is 0 Å². The van der Waals surface area contributed by atoms with Crippen molar-refractivity contribution in [1.29, 1.82) is 0 Å². The van der Waals surface area contributed by atoms with Crippen molar-refractivity contribution in [2.45, 2.75) is 6.04 Å². The summed E-state index contributed by atoms with van der Waals surface area (Å²) in [4.78, 5) is 26.2. The van der Waals surface area contributed by atoms with Crippen LogP contribution in [0.1, 0.15) is 10.4 Å². The molecule has 0 saturated carbocycles. The van der Waals surface area contributed by atoms with E-state index >= 15 is 0 Å². The smallest absolute Gasteiger partial charge is 0.330 e. The average molecular weight is 194 g/mol. The van der Waals surface area contributed by atoms with Crippen LogP contribution in [0.3, 0.4) is 0 Å². The van der Waals surface area contributed by atoms with E-state index in [1.165, 1.54) is 31.6 Å². The lowest BCUT2D eigenvalue weighted by Gasteiger charge is -2.07. The van der Waals surface area contributed by atoms with E-state index in [1.807, 2.05) is 0 Å². The molecule has 0 saturated heterocycles. The molecule has 1 aromatic heterocycles. The second-order valence-electron chi connectivity index (χ2n) is 2.60. The molecule has 0 fully saturated rings. The van der Waals surface area contributed by atoms with Crippen LogP contribution in [-0.4, -0.2) is 29.9 Å². The molecular formula is C9H10N2O3. The van der Waals surface area contributed by atoms with E-state index in [0.717, 1.165) is 0 Å². The lowest BCUT2D eigenvalue weighted by atomic mass is 10.1. The minimum absolute atomic E-state index is 0.345. The highest BCUT2D eigenvalue weighted by atomic mass is 16.5. The zero-order chi connectivity index (χ0) is 10.6. The van der Waals surface area contributed by atoms with Gasteiger partial charge in [0, 0.05) is 18.0 Å². The summed E-state index contributed by atoms with van der Waals surface area (Å²) in [5, 5.41) is 0. The monoisotopic (exact) mass is 194 g/mol. The molecule has 5 heteroatoms. The van der Waals surface area contributed by atoms with Gasteiger partial charge in [0.15, 0.2) is 11.8 Å². The minimum atomic E-state index is -1.26. The molecule has 14 heavy (non-hydrogen) atoms. The van der Waals surface area contributed by atoms with Gasteiger partial charge >= 0.3 is 5.97 Å². The Labute approximate surface area is 80.9 Å². The third-order valence-corrected chi connectivity index (χ3v) is 1.70. The van der Waals surface area contributed by atoms with Crippen LogP contribution < -0.4 is 5.73 Å². The van der Waals surface area contributed by atoms with Crippen molar-refractivity contribution in [2.75, 3.05) is 7.11 Å². The van der Waals surface area contributed by atoms with Gasteiger partial charge in [0.05, 0.1) is 7.11 Å². The maximum Gasteiger partial charge on any atom is 0.330 e. The Hall–Kier alpha value is -1.75. The molecule has 0 aromatic carbocycles. The van der Waals surface area contributed by atoms with Gasteiger partial charge in [0.1, 0.15) is 0 Å². The van der Waals surface area contributed by atoms with Gasteiger partial charge < -0.3 is 10.5 Å². The number of esters is 1. The van der Waals surface area contributed by atoms with Gasteiger partial charge in [-0.3, -0.25) is 9.78 Å². The summed E-state index contributed by atoms with van der Waals surface area (Å²) in [6, 6.07) is 1.72. The first-order chi connectivity index (χ1) is 6.66. The van der Waals surface area contributed by atoms with Crippen LogP contribution in [0.15, 0.2) is 24.5 Å². The first kappa shape index (κ1) is 10.3. The zero-order valence-electron chi connectivity index (χ0n) is 7.64. The molecule has 1 aromatic rings. The molecule has 0 radical (unpaired) electrons. The fourth-order valence-electron chi connectivity index (χ4n) is 0.930. The summed E-state index contributed by atoms with van der Waals surface area (Å²) in [7, 11) is 1.18. The normalized spacial score (nSPS) is 11.9. The molecule has 1 rings (SSSR count). The van der Waals surface area contributed by atoms with Gasteiger partial charge in [-0.25, -0.2) is 4.79 Å². The summed E-state index contributed by atoms with van der Waals surface area (Å²) in [6.07, 6.45) is 2.91. The van der Waals surface area contributed by atoms with E-state index in [9.17, 15) is 9.59 Å². The average Bonchev–Trinajstić information content (AvgIpc) is 2.27. The molecule has 1 atom stereocenters. The van der Waals surface area contributed by atoms with E-state index in [1.54, 1.807) is 0 Å². The number of hydrogen-bond donors (Lipinski definition) is 1. The number of nitrogens with two attached hydrogens (primary N) is 1. The van der Waals surface area contributed by atoms with Gasteiger partial charge in [-0.05, 0) is 12.1 Å². The van der Waals surface area contributed by atoms with Crippen LogP contribution in [0, 0.1) is 0 Å². The molecule has 0 spiro atoms. The van der Waals surface area contributed by atoms with Crippen molar-refractivity contribution in [2.24, 2.45) is 5.73 Å². The fraction of sp³-hybridized carbons (Fsp3) is 0.222. The Bertz CT molecular complexity index is 337. The van der Waals surface area contributed by atoms with E-state index in [-0.39, 0.29) is 0 Å². The second kappa shape index (κ2) is 4.48. The summed E-state index contributed by atoms with van der Waals surface area (Å²) >= 11 is 0. The summed E-state index contributed by atoms with van der Waals surface area (Å²) in [5.41, 5.74) is 5.70. The molecule has 74 valence electrons. The molecule has 0 aliphatic carbocycles.